The van der Waals surface area contributed by atoms with Gasteiger partial charge in [-0.3, -0.25) is 0 Å². The highest BCUT2D eigenvalue weighted by atomic mass is 16.3. The topological polar surface area (TPSA) is 51.0 Å². The lowest BCUT2D eigenvalue weighted by Gasteiger charge is -2.09. The Kier molecular flexibility index (Phi) is 3.09. The molecule has 2 aromatic heterocycles. The van der Waals surface area contributed by atoms with Crippen molar-refractivity contribution in [3.8, 4) is 0 Å². The molecule has 15 heavy (non-hydrogen) atoms. The molecule has 1 atom stereocenters. The maximum atomic E-state index is 5.28. The van der Waals surface area contributed by atoms with Crippen molar-refractivity contribution < 1.29 is 4.42 Å². The summed E-state index contributed by atoms with van der Waals surface area (Å²) in [6, 6.07) is 5.80. The van der Waals surface area contributed by atoms with Gasteiger partial charge in [-0.25, -0.2) is 9.97 Å². The molecule has 4 nitrogen and oxygen atoms in total. The largest absolute Gasteiger partial charge is 0.468 e. The quantitative estimate of drug-likeness (QED) is 0.824. The van der Waals surface area contributed by atoms with Crippen LogP contribution in [-0.4, -0.2) is 9.97 Å². The lowest BCUT2D eigenvalue weighted by molar-refractivity contribution is 0.427. The smallest absolute Gasteiger partial charge is 0.141 e. The molecule has 0 amide bonds. The Balaban J connectivity index is 1.89. The van der Waals surface area contributed by atoms with Gasteiger partial charge in [0.1, 0.15) is 11.6 Å². The molecule has 78 valence electrons. The van der Waals surface area contributed by atoms with E-state index in [2.05, 4.69) is 15.3 Å². The van der Waals surface area contributed by atoms with E-state index in [9.17, 15) is 0 Å². The minimum atomic E-state index is 0.170. The number of hydrogen-bond donors (Lipinski definition) is 1. The number of furan rings is 1. The summed E-state index contributed by atoms with van der Waals surface area (Å²) in [4.78, 5) is 8.26. The molecule has 0 saturated carbocycles. The van der Waals surface area contributed by atoms with Crippen LogP contribution in [0.25, 0.3) is 0 Å². The molecule has 2 rings (SSSR count). The van der Waals surface area contributed by atoms with Crippen molar-refractivity contribution >= 4 is 0 Å². The number of aromatic nitrogens is 2. The fourth-order valence-corrected chi connectivity index (χ4v) is 1.30. The van der Waals surface area contributed by atoms with E-state index in [4.69, 9.17) is 4.42 Å². The molecule has 0 aliphatic carbocycles. The minimum absolute atomic E-state index is 0.170. The third-order valence-corrected chi connectivity index (χ3v) is 2.16. The van der Waals surface area contributed by atoms with Crippen LogP contribution in [0.15, 0.2) is 41.3 Å². The second-order valence-electron chi connectivity index (χ2n) is 3.28. The highest BCUT2D eigenvalue weighted by Gasteiger charge is 2.07. The van der Waals surface area contributed by atoms with E-state index in [-0.39, 0.29) is 6.04 Å². The van der Waals surface area contributed by atoms with Gasteiger partial charge >= 0.3 is 0 Å². The zero-order valence-corrected chi connectivity index (χ0v) is 8.55. The molecule has 0 aromatic carbocycles. The van der Waals surface area contributed by atoms with Crippen molar-refractivity contribution in [2.75, 3.05) is 0 Å². The van der Waals surface area contributed by atoms with Crippen molar-refractivity contribution in [1.29, 1.82) is 0 Å². The SMILES string of the molecule is C[C@H](NCc1ncccn1)c1ccco1. The molecule has 0 bridgehead atoms. The van der Waals surface area contributed by atoms with Gasteiger partial charge in [0.2, 0.25) is 0 Å². The fourth-order valence-electron chi connectivity index (χ4n) is 1.30. The Labute approximate surface area is 88.4 Å². The Morgan fingerprint density at radius 3 is 2.80 bits per heavy atom. The number of rotatable bonds is 4. The summed E-state index contributed by atoms with van der Waals surface area (Å²) >= 11 is 0. The maximum absolute atomic E-state index is 5.28. The first-order valence-electron chi connectivity index (χ1n) is 4.89. The molecule has 0 radical (unpaired) electrons. The Morgan fingerprint density at radius 1 is 1.33 bits per heavy atom. The molecule has 0 fully saturated rings. The normalized spacial score (nSPS) is 12.6. The molecule has 0 aliphatic heterocycles. The van der Waals surface area contributed by atoms with E-state index >= 15 is 0 Å². The molecule has 4 heteroatoms. The van der Waals surface area contributed by atoms with Gasteiger partial charge in [0, 0.05) is 12.4 Å². The van der Waals surface area contributed by atoms with E-state index < -0.39 is 0 Å². The standard InChI is InChI=1S/C11H13N3O/c1-9(10-4-2-7-15-10)14-8-11-12-5-3-6-13-11/h2-7,9,14H,8H2,1H3/t9-/m0/s1. The average molecular weight is 203 g/mol. The molecule has 2 aromatic rings. The Hall–Kier alpha value is -1.68. The third kappa shape index (κ3) is 2.63. The van der Waals surface area contributed by atoms with Crippen LogP contribution >= 0.6 is 0 Å². The van der Waals surface area contributed by atoms with Gasteiger partial charge < -0.3 is 9.73 Å². The van der Waals surface area contributed by atoms with Crippen LogP contribution in [0.4, 0.5) is 0 Å². The summed E-state index contributed by atoms with van der Waals surface area (Å²) in [6.45, 7) is 2.68. The van der Waals surface area contributed by atoms with E-state index in [1.165, 1.54) is 0 Å². The predicted molar refractivity (Wildman–Crippen MR) is 56.0 cm³/mol. The summed E-state index contributed by atoms with van der Waals surface area (Å²) in [5.74, 6) is 1.71. The Bertz CT molecular complexity index is 385. The summed E-state index contributed by atoms with van der Waals surface area (Å²) in [6.07, 6.45) is 5.15. The number of nitrogens with one attached hydrogen (secondary N) is 1. The van der Waals surface area contributed by atoms with Crippen LogP contribution in [-0.2, 0) is 6.54 Å². The monoisotopic (exact) mass is 203 g/mol. The average Bonchev–Trinajstić information content (AvgIpc) is 2.81. The minimum Gasteiger partial charge on any atom is -0.468 e. The predicted octanol–water partition coefficient (Wildman–Crippen LogP) is 1.92. The lowest BCUT2D eigenvalue weighted by Crippen LogP contribution is -2.18. The number of nitrogens with zero attached hydrogens (tertiary/aromatic N) is 2. The summed E-state index contributed by atoms with van der Waals surface area (Å²) in [5.41, 5.74) is 0. The van der Waals surface area contributed by atoms with Crippen LogP contribution in [0.5, 0.6) is 0 Å². The van der Waals surface area contributed by atoms with Crippen LogP contribution in [0.3, 0.4) is 0 Å². The van der Waals surface area contributed by atoms with Gasteiger partial charge in [0.15, 0.2) is 0 Å². The second-order valence-corrected chi connectivity index (χ2v) is 3.28. The van der Waals surface area contributed by atoms with E-state index in [0.29, 0.717) is 6.54 Å². The van der Waals surface area contributed by atoms with Crippen molar-refractivity contribution in [3.05, 3.63) is 48.4 Å². The van der Waals surface area contributed by atoms with Crippen molar-refractivity contribution in [2.24, 2.45) is 0 Å². The van der Waals surface area contributed by atoms with Gasteiger partial charge in [-0.05, 0) is 25.1 Å². The van der Waals surface area contributed by atoms with Crippen LogP contribution in [0.1, 0.15) is 24.6 Å². The van der Waals surface area contributed by atoms with Crippen molar-refractivity contribution in [3.63, 3.8) is 0 Å². The molecule has 1 N–H and O–H groups in total. The summed E-state index contributed by atoms with van der Waals surface area (Å²) in [7, 11) is 0. The van der Waals surface area contributed by atoms with Gasteiger partial charge in [-0.1, -0.05) is 0 Å². The second kappa shape index (κ2) is 4.70. The van der Waals surface area contributed by atoms with E-state index in [1.54, 1.807) is 24.7 Å². The summed E-state index contributed by atoms with van der Waals surface area (Å²) < 4.78 is 5.28. The first-order valence-corrected chi connectivity index (χ1v) is 4.89. The van der Waals surface area contributed by atoms with Gasteiger partial charge in [-0.2, -0.15) is 0 Å². The van der Waals surface area contributed by atoms with E-state index in [1.807, 2.05) is 19.1 Å². The van der Waals surface area contributed by atoms with Gasteiger partial charge in [0.05, 0.1) is 18.8 Å². The zero-order valence-electron chi connectivity index (χ0n) is 8.55. The molecule has 0 aliphatic rings. The molecular weight excluding hydrogens is 190 g/mol. The van der Waals surface area contributed by atoms with Gasteiger partial charge in [0.25, 0.3) is 0 Å². The summed E-state index contributed by atoms with van der Waals surface area (Å²) in [5, 5.41) is 3.28. The van der Waals surface area contributed by atoms with Crippen LogP contribution in [0.2, 0.25) is 0 Å². The van der Waals surface area contributed by atoms with Crippen molar-refractivity contribution in [2.45, 2.75) is 19.5 Å². The van der Waals surface area contributed by atoms with Crippen LogP contribution < -0.4 is 5.32 Å². The highest BCUT2D eigenvalue weighted by Crippen LogP contribution is 2.12. The number of hydrogen-bond acceptors (Lipinski definition) is 4. The lowest BCUT2D eigenvalue weighted by atomic mass is 10.2. The highest BCUT2D eigenvalue weighted by molar-refractivity contribution is 5.03. The Morgan fingerprint density at radius 2 is 2.13 bits per heavy atom. The van der Waals surface area contributed by atoms with Crippen molar-refractivity contribution in [1.82, 2.24) is 15.3 Å². The molecule has 0 unspecified atom stereocenters. The van der Waals surface area contributed by atoms with E-state index in [0.717, 1.165) is 11.6 Å². The first kappa shape index (κ1) is 9.86. The third-order valence-electron chi connectivity index (χ3n) is 2.16. The van der Waals surface area contributed by atoms with Crippen LogP contribution in [0, 0.1) is 0 Å². The molecule has 0 saturated heterocycles. The zero-order chi connectivity index (χ0) is 10.5. The maximum Gasteiger partial charge on any atom is 0.141 e. The molecular formula is C11H13N3O. The molecule has 2 heterocycles. The molecule has 0 spiro atoms. The fraction of sp³-hybridized carbons (Fsp3) is 0.273. The van der Waals surface area contributed by atoms with Gasteiger partial charge in [-0.15, -0.1) is 0 Å². The first-order chi connectivity index (χ1) is 7.36.